The molecule has 0 unspecified atom stereocenters. The second-order valence-corrected chi connectivity index (χ2v) is 6.89. The van der Waals surface area contributed by atoms with Gasteiger partial charge in [-0.25, -0.2) is 4.98 Å². The minimum Gasteiger partial charge on any atom is -0.467 e. The quantitative estimate of drug-likeness (QED) is 0.601. The van der Waals surface area contributed by atoms with Crippen LogP contribution in [0.2, 0.25) is 5.02 Å². The maximum absolute atomic E-state index is 9.81. The van der Waals surface area contributed by atoms with Gasteiger partial charge in [-0.15, -0.1) is 0 Å². The molecule has 27 heavy (non-hydrogen) atoms. The lowest BCUT2D eigenvalue weighted by Gasteiger charge is -2.15. The van der Waals surface area contributed by atoms with Crippen LogP contribution in [0.3, 0.4) is 0 Å². The largest absolute Gasteiger partial charge is 0.467 e. The summed E-state index contributed by atoms with van der Waals surface area (Å²) in [5.41, 5.74) is 1.13. The highest BCUT2D eigenvalue weighted by Crippen LogP contribution is 2.30. The number of nitrogens with one attached hydrogen (secondary N) is 2. The SMILES string of the molecule is O[C@@H]1CO[C@H]2[C@@H]1OC[C@H]2Oc1nc2nc(NCc3ccco3)c(Cl)cc2[nH]1. The molecule has 142 valence electrons. The summed E-state index contributed by atoms with van der Waals surface area (Å²) in [6.45, 7) is 1.03. The Morgan fingerprint density at radius 1 is 1.30 bits per heavy atom. The molecule has 0 bridgehead atoms. The van der Waals surface area contributed by atoms with Gasteiger partial charge in [-0.1, -0.05) is 11.6 Å². The molecule has 2 fully saturated rings. The van der Waals surface area contributed by atoms with E-state index in [1.54, 1.807) is 12.3 Å². The average Bonchev–Trinajstić information content (AvgIpc) is 3.41. The normalized spacial score (nSPS) is 27.2. The van der Waals surface area contributed by atoms with E-state index >= 15 is 0 Å². The van der Waals surface area contributed by atoms with Crippen molar-refractivity contribution in [1.82, 2.24) is 15.0 Å². The summed E-state index contributed by atoms with van der Waals surface area (Å²) >= 11 is 6.30. The van der Waals surface area contributed by atoms with Gasteiger partial charge in [0, 0.05) is 0 Å². The Morgan fingerprint density at radius 2 is 2.19 bits per heavy atom. The number of hydrogen-bond acceptors (Lipinski definition) is 8. The van der Waals surface area contributed by atoms with Crippen molar-refractivity contribution in [2.45, 2.75) is 31.0 Å². The second kappa shape index (κ2) is 6.68. The lowest BCUT2D eigenvalue weighted by molar-refractivity contribution is 0.00706. The molecule has 3 aromatic heterocycles. The first kappa shape index (κ1) is 16.8. The van der Waals surface area contributed by atoms with Crippen molar-refractivity contribution in [3.63, 3.8) is 0 Å². The number of H-pyrrole nitrogens is 1. The number of imidazole rings is 1. The third-order valence-electron chi connectivity index (χ3n) is 4.66. The lowest BCUT2D eigenvalue weighted by atomic mass is 10.1. The number of aliphatic hydroxyl groups is 1. The van der Waals surface area contributed by atoms with Gasteiger partial charge in [-0.2, -0.15) is 4.98 Å². The molecule has 0 aliphatic carbocycles. The molecule has 9 nitrogen and oxygen atoms in total. The first-order valence-electron chi connectivity index (χ1n) is 8.58. The van der Waals surface area contributed by atoms with Crippen LogP contribution >= 0.6 is 11.6 Å². The minimum absolute atomic E-state index is 0.247. The van der Waals surface area contributed by atoms with E-state index in [0.29, 0.717) is 41.2 Å². The topological polar surface area (TPSA) is 115 Å². The fourth-order valence-electron chi connectivity index (χ4n) is 3.35. The van der Waals surface area contributed by atoms with Gasteiger partial charge in [0.25, 0.3) is 6.01 Å². The molecule has 0 aromatic carbocycles. The summed E-state index contributed by atoms with van der Waals surface area (Å²) in [5, 5.41) is 13.4. The highest BCUT2D eigenvalue weighted by atomic mass is 35.5. The Morgan fingerprint density at radius 3 is 3.04 bits per heavy atom. The highest BCUT2D eigenvalue weighted by molar-refractivity contribution is 6.33. The Hall–Kier alpha value is -2.33. The van der Waals surface area contributed by atoms with Crippen molar-refractivity contribution < 1.29 is 23.7 Å². The number of pyridine rings is 1. The summed E-state index contributed by atoms with van der Waals surface area (Å²) in [5.74, 6) is 1.28. The predicted molar refractivity (Wildman–Crippen MR) is 94.8 cm³/mol. The molecule has 0 spiro atoms. The molecule has 3 aromatic rings. The molecule has 4 atom stereocenters. The molecule has 5 heterocycles. The third kappa shape index (κ3) is 3.12. The molecule has 2 aliphatic heterocycles. The Balaban J connectivity index is 1.33. The van der Waals surface area contributed by atoms with Crippen molar-refractivity contribution in [1.29, 1.82) is 0 Å². The van der Waals surface area contributed by atoms with Crippen molar-refractivity contribution in [3.05, 3.63) is 35.2 Å². The van der Waals surface area contributed by atoms with E-state index in [4.69, 9.17) is 30.2 Å². The summed E-state index contributed by atoms with van der Waals surface area (Å²) in [4.78, 5) is 11.9. The number of ether oxygens (including phenoxy) is 3. The highest BCUT2D eigenvalue weighted by Gasteiger charge is 2.48. The van der Waals surface area contributed by atoms with E-state index in [1.807, 2.05) is 12.1 Å². The van der Waals surface area contributed by atoms with Crippen LogP contribution < -0.4 is 10.1 Å². The fraction of sp³-hybridized carbons (Fsp3) is 0.412. The monoisotopic (exact) mass is 392 g/mol. The van der Waals surface area contributed by atoms with Gasteiger partial charge in [-0.05, 0) is 18.2 Å². The standard InChI is InChI=1S/C17H17ClN4O5/c18-9-4-10-16(21-15(9)19-5-8-2-1-3-24-8)22-17(20-10)27-12-7-26-13-11(23)6-25-14(12)13/h1-4,11-14,23H,5-7H2,(H2,19,20,21,22)/t11-,12-,13-,14-/m1/s1. The number of rotatable bonds is 5. The first-order chi connectivity index (χ1) is 13.2. The van der Waals surface area contributed by atoms with Gasteiger partial charge in [0.15, 0.2) is 11.8 Å². The Kier molecular flexibility index (Phi) is 4.16. The lowest BCUT2D eigenvalue weighted by Crippen LogP contribution is -2.34. The fourth-order valence-corrected chi connectivity index (χ4v) is 3.57. The van der Waals surface area contributed by atoms with E-state index in [-0.39, 0.29) is 24.9 Å². The molecule has 0 amide bonds. The predicted octanol–water partition coefficient (Wildman–Crippen LogP) is 1.72. The number of aromatic nitrogens is 3. The molecular formula is C17H17ClN4O5. The number of nitrogens with zero attached hydrogens (tertiary/aromatic N) is 2. The van der Waals surface area contributed by atoms with Gasteiger partial charge in [-0.3, -0.25) is 0 Å². The zero-order valence-electron chi connectivity index (χ0n) is 14.1. The van der Waals surface area contributed by atoms with E-state index in [9.17, 15) is 5.11 Å². The Labute approximate surface area is 158 Å². The zero-order chi connectivity index (χ0) is 18.4. The summed E-state index contributed by atoms with van der Waals surface area (Å²) in [7, 11) is 0. The smallest absolute Gasteiger partial charge is 0.296 e. The van der Waals surface area contributed by atoms with E-state index < -0.39 is 6.10 Å². The van der Waals surface area contributed by atoms with Crippen LogP contribution in [0.15, 0.2) is 28.9 Å². The number of furan rings is 1. The summed E-state index contributed by atoms with van der Waals surface area (Å²) in [6.07, 6.45) is -0.0291. The number of fused-ring (bicyclic) bond motifs is 2. The minimum atomic E-state index is -0.623. The van der Waals surface area contributed by atoms with Crippen molar-refractivity contribution >= 4 is 28.6 Å². The van der Waals surface area contributed by atoms with Gasteiger partial charge >= 0.3 is 0 Å². The molecule has 0 saturated carbocycles. The van der Waals surface area contributed by atoms with Crippen LogP contribution in [0.4, 0.5) is 5.82 Å². The van der Waals surface area contributed by atoms with E-state index in [1.165, 1.54) is 0 Å². The summed E-state index contributed by atoms with van der Waals surface area (Å²) in [6, 6.07) is 5.71. The van der Waals surface area contributed by atoms with Gasteiger partial charge in [0.1, 0.15) is 29.9 Å². The zero-order valence-corrected chi connectivity index (χ0v) is 14.8. The number of aromatic amines is 1. The van der Waals surface area contributed by atoms with Gasteiger partial charge in [0.05, 0.1) is 36.6 Å². The maximum Gasteiger partial charge on any atom is 0.296 e. The van der Waals surface area contributed by atoms with Crippen LogP contribution in [0.1, 0.15) is 5.76 Å². The number of aliphatic hydroxyl groups excluding tert-OH is 1. The molecule has 3 N–H and O–H groups in total. The number of halogens is 1. The molecule has 2 saturated heterocycles. The average molecular weight is 393 g/mol. The van der Waals surface area contributed by atoms with Gasteiger partial charge < -0.3 is 34.0 Å². The van der Waals surface area contributed by atoms with Crippen molar-refractivity contribution in [2.24, 2.45) is 0 Å². The third-order valence-corrected chi connectivity index (χ3v) is 4.95. The van der Waals surface area contributed by atoms with Crippen molar-refractivity contribution in [2.75, 3.05) is 18.5 Å². The molecule has 10 heteroatoms. The second-order valence-electron chi connectivity index (χ2n) is 6.48. The summed E-state index contributed by atoms with van der Waals surface area (Å²) < 4.78 is 22.3. The maximum atomic E-state index is 9.81. The van der Waals surface area contributed by atoms with Gasteiger partial charge in [0.2, 0.25) is 0 Å². The van der Waals surface area contributed by atoms with Crippen LogP contribution in [0.5, 0.6) is 6.01 Å². The molecule has 0 radical (unpaired) electrons. The van der Waals surface area contributed by atoms with Crippen LogP contribution in [-0.2, 0) is 16.0 Å². The Bertz CT molecular complexity index is 946. The molecule has 2 aliphatic rings. The van der Waals surface area contributed by atoms with Crippen LogP contribution in [-0.4, -0.2) is 57.7 Å². The first-order valence-corrected chi connectivity index (χ1v) is 8.95. The van der Waals surface area contributed by atoms with E-state index in [2.05, 4.69) is 20.3 Å². The number of hydrogen-bond donors (Lipinski definition) is 3. The van der Waals surface area contributed by atoms with Crippen LogP contribution in [0, 0.1) is 0 Å². The number of anilines is 1. The molecule has 5 rings (SSSR count). The van der Waals surface area contributed by atoms with Crippen molar-refractivity contribution in [3.8, 4) is 6.01 Å². The van der Waals surface area contributed by atoms with E-state index in [0.717, 1.165) is 5.76 Å². The molecular weight excluding hydrogens is 376 g/mol. The van der Waals surface area contributed by atoms with Crippen LogP contribution in [0.25, 0.3) is 11.2 Å².